The van der Waals surface area contributed by atoms with Gasteiger partial charge in [-0.05, 0) is 43.4 Å². The molecule has 0 bridgehead atoms. The Labute approximate surface area is 199 Å². The summed E-state index contributed by atoms with van der Waals surface area (Å²) in [5, 5.41) is 10.3. The van der Waals surface area contributed by atoms with E-state index >= 15 is 4.39 Å². The van der Waals surface area contributed by atoms with Crippen LogP contribution in [0.3, 0.4) is 0 Å². The average molecular weight is 458 g/mol. The fourth-order valence-corrected chi connectivity index (χ4v) is 6.05. The first-order chi connectivity index (χ1) is 16.5. The largest absolute Gasteiger partial charge is 0.355 e. The highest BCUT2D eigenvalue weighted by atomic mass is 19.1. The van der Waals surface area contributed by atoms with Crippen LogP contribution in [0, 0.1) is 22.6 Å². The molecule has 1 aliphatic carbocycles. The summed E-state index contributed by atoms with van der Waals surface area (Å²) in [5.74, 6) is 0.330. The van der Waals surface area contributed by atoms with Crippen LogP contribution in [0.2, 0.25) is 0 Å². The lowest BCUT2D eigenvalue weighted by molar-refractivity contribution is -0.136. The Bertz CT molecular complexity index is 1220. The summed E-state index contributed by atoms with van der Waals surface area (Å²) < 4.78 is 15.0. The number of pyridine rings is 1. The Morgan fingerprint density at radius 2 is 2.03 bits per heavy atom. The molecule has 6 rings (SSSR count). The number of rotatable bonds is 4. The number of hydrogen-bond donors (Lipinski definition) is 0. The highest BCUT2D eigenvalue weighted by molar-refractivity contribution is 5.88. The third-order valence-electron chi connectivity index (χ3n) is 7.96. The number of carbonyl (C=O) groups excluding carboxylic acids is 1. The zero-order chi connectivity index (χ0) is 23.4. The lowest BCUT2D eigenvalue weighted by atomic mass is 9.79. The van der Waals surface area contributed by atoms with Gasteiger partial charge in [0.2, 0.25) is 5.91 Å². The van der Waals surface area contributed by atoms with Crippen LogP contribution in [0.25, 0.3) is 11.1 Å². The van der Waals surface area contributed by atoms with E-state index in [-0.39, 0.29) is 17.1 Å². The molecule has 2 aromatic rings. The fraction of sp³-hybridized carbons (Fsp3) is 0.444. The van der Waals surface area contributed by atoms with Crippen LogP contribution >= 0.6 is 0 Å². The number of likely N-dealkylation sites (tertiary alicyclic amines) is 1. The number of fused-ring (bicyclic) bond motifs is 1. The Morgan fingerprint density at radius 3 is 2.74 bits per heavy atom. The van der Waals surface area contributed by atoms with Crippen molar-refractivity contribution >= 4 is 11.7 Å². The van der Waals surface area contributed by atoms with Gasteiger partial charge in [-0.15, -0.1) is 0 Å². The lowest BCUT2D eigenvalue weighted by Gasteiger charge is -2.47. The standard InChI is InChI=1S/C27H28FN5O/c1-2-24(34)33-16-27(17-33)10-12-32(15-27)26-21(13-29)25(19-5-3-4-6-22(19)28)20-9-11-31(18-7-8-18)14-23(20)30-26/h2-6,18H,1,7-12,14-17H2. The first-order valence-electron chi connectivity index (χ1n) is 12.1. The Balaban J connectivity index is 1.41. The maximum absolute atomic E-state index is 15.0. The quantitative estimate of drug-likeness (QED) is 0.658. The van der Waals surface area contributed by atoms with Crippen molar-refractivity contribution in [2.75, 3.05) is 37.6 Å². The number of aromatic nitrogens is 1. The minimum atomic E-state index is -0.307. The molecule has 0 radical (unpaired) electrons. The van der Waals surface area contributed by atoms with Gasteiger partial charge in [0.15, 0.2) is 0 Å². The van der Waals surface area contributed by atoms with Crippen molar-refractivity contribution in [1.82, 2.24) is 14.8 Å². The molecule has 1 spiro atoms. The second-order valence-electron chi connectivity index (χ2n) is 10.2. The van der Waals surface area contributed by atoms with E-state index in [1.165, 1.54) is 25.0 Å². The average Bonchev–Trinajstić information content (AvgIpc) is 3.59. The van der Waals surface area contributed by atoms with Crippen LogP contribution in [0.5, 0.6) is 0 Å². The summed E-state index contributed by atoms with van der Waals surface area (Å²) in [6, 6.07) is 9.79. The van der Waals surface area contributed by atoms with Crippen molar-refractivity contribution in [3.8, 4) is 17.2 Å². The van der Waals surface area contributed by atoms with E-state index in [4.69, 9.17) is 4.98 Å². The zero-order valence-corrected chi connectivity index (χ0v) is 19.3. The zero-order valence-electron chi connectivity index (χ0n) is 19.3. The van der Waals surface area contributed by atoms with E-state index in [1.54, 1.807) is 12.1 Å². The second-order valence-corrected chi connectivity index (χ2v) is 10.2. The number of carbonyl (C=O) groups is 1. The predicted molar refractivity (Wildman–Crippen MR) is 128 cm³/mol. The summed E-state index contributed by atoms with van der Waals surface area (Å²) in [4.78, 5) is 23.5. The molecule has 1 saturated carbocycles. The monoisotopic (exact) mass is 457 g/mol. The van der Waals surface area contributed by atoms with Crippen molar-refractivity contribution in [2.45, 2.75) is 38.3 Å². The number of amides is 1. The summed E-state index contributed by atoms with van der Waals surface area (Å²) in [5.41, 5.74) is 3.69. The molecule has 34 heavy (non-hydrogen) atoms. The van der Waals surface area contributed by atoms with Gasteiger partial charge in [0.1, 0.15) is 23.3 Å². The number of nitrogens with zero attached hydrogens (tertiary/aromatic N) is 5. The van der Waals surface area contributed by atoms with Crippen LogP contribution in [0.4, 0.5) is 10.2 Å². The van der Waals surface area contributed by atoms with Crippen molar-refractivity contribution in [3.63, 3.8) is 0 Å². The Morgan fingerprint density at radius 1 is 1.24 bits per heavy atom. The number of hydrogen-bond acceptors (Lipinski definition) is 5. The number of anilines is 1. The third-order valence-corrected chi connectivity index (χ3v) is 7.96. The highest BCUT2D eigenvalue weighted by Crippen LogP contribution is 2.45. The molecule has 4 heterocycles. The molecule has 0 atom stereocenters. The fourth-order valence-electron chi connectivity index (χ4n) is 6.05. The topological polar surface area (TPSA) is 63.5 Å². The van der Waals surface area contributed by atoms with Crippen LogP contribution in [-0.4, -0.2) is 59.5 Å². The van der Waals surface area contributed by atoms with Crippen LogP contribution in [0.15, 0.2) is 36.9 Å². The van der Waals surface area contributed by atoms with Gasteiger partial charge in [-0.2, -0.15) is 5.26 Å². The molecule has 174 valence electrons. The van der Waals surface area contributed by atoms with Gasteiger partial charge in [0.25, 0.3) is 0 Å². The van der Waals surface area contributed by atoms with E-state index in [1.807, 2.05) is 11.0 Å². The molecule has 1 aromatic carbocycles. The van der Waals surface area contributed by atoms with E-state index in [0.29, 0.717) is 41.6 Å². The first kappa shape index (κ1) is 21.3. The van der Waals surface area contributed by atoms with E-state index in [9.17, 15) is 10.1 Å². The summed E-state index contributed by atoms with van der Waals surface area (Å²) in [7, 11) is 0. The Hall–Kier alpha value is -3.24. The molecule has 4 aliphatic rings. The van der Waals surface area contributed by atoms with Gasteiger partial charge in [-0.3, -0.25) is 9.69 Å². The molecule has 0 N–H and O–H groups in total. The number of halogens is 1. The smallest absolute Gasteiger partial charge is 0.245 e. The normalized spacial score (nSPS) is 21.2. The van der Waals surface area contributed by atoms with Gasteiger partial charge < -0.3 is 9.80 Å². The van der Waals surface area contributed by atoms with Crippen LogP contribution in [0.1, 0.15) is 36.1 Å². The molecule has 3 aliphatic heterocycles. The van der Waals surface area contributed by atoms with Crippen LogP contribution < -0.4 is 4.90 Å². The van der Waals surface area contributed by atoms with E-state index in [0.717, 1.165) is 50.3 Å². The molecule has 6 nitrogen and oxygen atoms in total. The first-order valence-corrected chi connectivity index (χ1v) is 12.1. The molecule has 1 amide bonds. The summed E-state index contributed by atoms with van der Waals surface area (Å²) in [6.07, 6.45) is 5.55. The minimum Gasteiger partial charge on any atom is -0.355 e. The van der Waals surface area contributed by atoms with Crippen molar-refractivity contribution < 1.29 is 9.18 Å². The molecule has 3 fully saturated rings. The summed E-state index contributed by atoms with van der Waals surface area (Å²) >= 11 is 0. The number of benzene rings is 1. The molecule has 2 saturated heterocycles. The van der Waals surface area contributed by atoms with E-state index in [2.05, 4.69) is 22.4 Å². The van der Waals surface area contributed by atoms with E-state index < -0.39 is 0 Å². The van der Waals surface area contributed by atoms with Gasteiger partial charge in [-0.1, -0.05) is 24.8 Å². The molecule has 1 aromatic heterocycles. The second kappa shape index (κ2) is 7.92. The third kappa shape index (κ3) is 3.40. The van der Waals surface area contributed by atoms with Gasteiger partial charge in [0, 0.05) is 61.9 Å². The van der Waals surface area contributed by atoms with Crippen LogP contribution in [-0.2, 0) is 17.8 Å². The van der Waals surface area contributed by atoms with Crippen molar-refractivity contribution in [3.05, 3.63) is 59.6 Å². The molecule has 7 heteroatoms. The maximum Gasteiger partial charge on any atom is 0.245 e. The molecular weight excluding hydrogens is 429 g/mol. The van der Waals surface area contributed by atoms with Crippen molar-refractivity contribution in [1.29, 1.82) is 5.26 Å². The molecule has 0 unspecified atom stereocenters. The number of nitriles is 1. The van der Waals surface area contributed by atoms with Crippen molar-refractivity contribution in [2.24, 2.45) is 5.41 Å². The minimum absolute atomic E-state index is 0.0290. The van der Waals surface area contributed by atoms with Gasteiger partial charge in [-0.25, -0.2) is 9.37 Å². The molecular formula is C27H28FN5O. The SMILES string of the molecule is C=CC(=O)N1CC2(CCN(c3nc4c(c(-c5ccccc5F)c3C#N)CCN(C3CC3)C4)C2)C1. The summed E-state index contributed by atoms with van der Waals surface area (Å²) in [6.45, 7) is 8.20. The lowest BCUT2D eigenvalue weighted by Crippen LogP contribution is -2.59. The van der Waals surface area contributed by atoms with Gasteiger partial charge in [0.05, 0.1) is 5.69 Å². The Kier molecular flexibility index (Phi) is 4.96. The maximum atomic E-state index is 15.0. The highest BCUT2D eigenvalue weighted by Gasteiger charge is 2.49. The predicted octanol–water partition coefficient (Wildman–Crippen LogP) is 3.50. The van der Waals surface area contributed by atoms with Gasteiger partial charge >= 0.3 is 0 Å².